The van der Waals surface area contributed by atoms with Gasteiger partial charge in [0.2, 0.25) is 0 Å². The summed E-state index contributed by atoms with van der Waals surface area (Å²) in [6, 6.07) is 10.4. The molecule has 1 aromatic heterocycles. The summed E-state index contributed by atoms with van der Waals surface area (Å²) in [6.07, 6.45) is 7.35. The highest BCUT2D eigenvalue weighted by Gasteiger charge is 2.35. The van der Waals surface area contributed by atoms with Crippen LogP contribution in [0.1, 0.15) is 67.1 Å². The molecular weight excluding hydrogens is 348 g/mol. The lowest BCUT2D eigenvalue weighted by Crippen LogP contribution is -2.46. The van der Waals surface area contributed by atoms with Crippen molar-refractivity contribution in [1.82, 2.24) is 15.3 Å². The fraction of sp³-hybridized carbons (Fsp3) is 0.565. The van der Waals surface area contributed by atoms with Crippen molar-refractivity contribution >= 4 is 5.82 Å². The molecule has 0 atom stereocenters. The fourth-order valence-corrected chi connectivity index (χ4v) is 5.08. The van der Waals surface area contributed by atoms with Gasteiger partial charge < -0.3 is 15.3 Å². The molecule has 0 spiro atoms. The molecule has 2 aliphatic heterocycles. The number of nitrogens with zero attached hydrogens (tertiary/aromatic N) is 3. The molecule has 5 nitrogen and oxygen atoms in total. The van der Waals surface area contributed by atoms with Crippen molar-refractivity contribution in [2.45, 2.75) is 69.6 Å². The number of aromatic nitrogens is 2. The van der Waals surface area contributed by atoms with Gasteiger partial charge >= 0.3 is 0 Å². The maximum Gasteiger partial charge on any atom is 0.137 e. The Kier molecular flexibility index (Phi) is 4.81. The third-order valence-corrected chi connectivity index (χ3v) is 6.77. The Bertz CT molecular complexity index is 824. The van der Waals surface area contributed by atoms with E-state index in [4.69, 9.17) is 9.97 Å². The Morgan fingerprint density at radius 3 is 2.54 bits per heavy atom. The van der Waals surface area contributed by atoms with E-state index >= 15 is 0 Å². The SMILES string of the molecule is OC1(Cc2ccccc2)CCN(c2nc(C3CCCC3)nc3c2CNC3)CC1. The Balaban J connectivity index is 1.34. The predicted octanol–water partition coefficient (Wildman–Crippen LogP) is 3.31. The quantitative estimate of drug-likeness (QED) is 0.855. The molecular formula is C23H30N4O. The third-order valence-electron chi connectivity index (χ3n) is 6.77. The second-order valence-corrected chi connectivity index (χ2v) is 8.79. The van der Waals surface area contributed by atoms with E-state index in [1.54, 1.807) is 0 Å². The van der Waals surface area contributed by atoms with Crippen LogP contribution in [0.25, 0.3) is 0 Å². The van der Waals surface area contributed by atoms with Crippen LogP contribution in [0.4, 0.5) is 5.82 Å². The van der Waals surface area contributed by atoms with E-state index in [2.05, 4.69) is 34.5 Å². The van der Waals surface area contributed by atoms with E-state index in [1.165, 1.54) is 42.5 Å². The molecule has 0 radical (unpaired) electrons. The lowest BCUT2D eigenvalue weighted by molar-refractivity contribution is 0.0164. The van der Waals surface area contributed by atoms with Crippen molar-refractivity contribution in [2.75, 3.05) is 18.0 Å². The van der Waals surface area contributed by atoms with Gasteiger partial charge in [-0.25, -0.2) is 9.97 Å². The fourth-order valence-electron chi connectivity index (χ4n) is 5.08. The number of fused-ring (bicyclic) bond motifs is 1. The summed E-state index contributed by atoms with van der Waals surface area (Å²) in [5.74, 6) is 2.71. The minimum Gasteiger partial charge on any atom is -0.389 e. The van der Waals surface area contributed by atoms with Crippen LogP contribution in [-0.2, 0) is 19.5 Å². The normalized spacial score (nSPS) is 21.8. The van der Waals surface area contributed by atoms with Crippen LogP contribution in [0.2, 0.25) is 0 Å². The molecule has 1 saturated carbocycles. The van der Waals surface area contributed by atoms with Crippen LogP contribution in [0, 0.1) is 0 Å². The minimum absolute atomic E-state index is 0.532. The first kappa shape index (κ1) is 18.1. The summed E-state index contributed by atoms with van der Waals surface area (Å²) in [5, 5.41) is 14.6. The van der Waals surface area contributed by atoms with Crippen molar-refractivity contribution in [3.05, 3.63) is 53.0 Å². The van der Waals surface area contributed by atoms with Crippen LogP contribution in [0.5, 0.6) is 0 Å². The van der Waals surface area contributed by atoms with Gasteiger partial charge in [-0.2, -0.15) is 0 Å². The zero-order valence-corrected chi connectivity index (χ0v) is 16.5. The molecule has 5 rings (SSSR count). The van der Waals surface area contributed by atoms with Crippen LogP contribution in [-0.4, -0.2) is 33.8 Å². The minimum atomic E-state index is -0.611. The highest BCUT2D eigenvalue weighted by atomic mass is 16.3. The van der Waals surface area contributed by atoms with Crippen molar-refractivity contribution < 1.29 is 5.11 Å². The summed E-state index contributed by atoms with van der Waals surface area (Å²) < 4.78 is 0. The number of aliphatic hydroxyl groups is 1. The van der Waals surface area contributed by atoms with E-state index in [0.717, 1.165) is 57.1 Å². The van der Waals surface area contributed by atoms with E-state index in [-0.39, 0.29) is 0 Å². The number of hydrogen-bond acceptors (Lipinski definition) is 5. The average Bonchev–Trinajstić information content (AvgIpc) is 3.40. The van der Waals surface area contributed by atoms with Crippen LogP contribution in [0.3, 0.4) is 0 Å². The monoisotopic (exact) mass is 378 g/mol. The van der Waals surface area contributed by atoms with E-state index < -0.39 is 5.60 Å². The Morgan fingerprint density at radius 2 is 1.79 bits per heavy atom. The molecule has 1 aromatic carbocycles. The topological polar surface area (TPSA) is 61.3 Å². The third kappa shape index (κ3) is 3.53. The lowest BCUT2D eigenvalue weighted by atomic mass is 9.85. The van der Waals surface area contributed by atoms with Crippen LogP contribution < -0.4 is 10.2 Å². The van der Waals surface area contributed by atoms with Gasteiger partial charge in [-0.05, 0) is 31.2 Å². The summed E-state index contributed by atoms with van der Waals surface area (Å²) in [6.45, 7) is 3.44. The number of nitrogens with one attached hydrogen (secondary N) is 1. The highest BCUT2D eigenvalue weighted by Crippen LogP contribution is 2.36. The van der Waals surface area contributed by atoms with Gasteiger partial charge in [0.25, 0.3) is 0 Å². The summed E-state index contributed by atoms with van der Waals surface area (Å²) in [4.78, 5) is 12.4. The number of rotatable bonds is 4. The Labute approximate surface area is 167 Å². The molecule has 0 bridgehead atoms. The molecule has 2 aromatic rings. The summed E-state index contributed by atoms with van der Waals surface area (Å²) in [5.41, 5.74) is 3.07. The maximum atomic E-state index is 11.1. The molecule has 28 heavy (non-hydrogen) atoms. The second kappa shape index (κ2) is 7.45. The van der Waals surface area contributed by atoms with Crippen molar-refractivity contribution in [3.63, 3.8) is 0 Å². The number of hydrogen-bond donors (Lipinski definition) is 2. The summed E-state index contributed by atoms with van der Waals surface area (Å²) >= 11 is 0. The Morgan fingerprint density at radius 1 is 1.04 bits per heavy atom. The van der Waals surface area contributed by atoms with Gasteiger partial charge in [-0.1, -0.05) is 43.2 Å². The molecule has 0 amide bonds. The second-order valence-electron chi connectivity index (χ2n) is 8.79. The molecule has 2 fully saturated rings. The highest BCUT2D eigenvalue weighted by molar-refractivity contribution is 5.51. The van der Waals surface area contributed by atoms with Crippen LogP contribution in [0.15, 0.2) is 30.3 Å². The first-order valence-corrected chi connectivity index (χ1v) is 10.8. The molecule has 148 valence electrons. The Hall–Kier alpha value is -1.98. The van der Waals surface area contributed by atoms with Crippen molar-refractivity contribution in [1.29, 1.82) is 0 Å². The predicted molar refractivity (Wildman–Crippen MR) is 110 cm³/mol. The zero-order chi connectivity index (χ0) is 19.0. The van der Waals surface area contributed by atoms with Crippen LogP contribution >= 0.6 is 0 Å². The van der Waals surface area contributed by atoms with Gasteiger partial charge in [0.05, 0.1) is 11.3 Å². The summed E-state index contributed by atoms with van der Waals surface area (Å²) in [7, 11) is 0. The number of anilines is 1. The standard InChI is InChI=1S/C23H30N4O/c28-23(14-17-6-2-1-3-7-17)10-12-27(13-11-23)22-19-15-24-16-20(19)25-21(26-22)18-8-4-5-9-18/h1-3,6-7,18,24,28H,4-5,8-16H2. The molecule has 3 heterocycles. The van der Waals surface area contributed by atoms with Crippen molar-refractivity contribution in [3.8, 4) is 0 Å². The molecule has 1 aliphatic carbocycles. The van der Waals surface area contributed by atoms with Gasteiger partial charge in [0.1, 0.15) is 11.6 Å². The first-order chi connectivity index (χ1) is 13.7. The average molecular weight is 379 g/mol. The van der Waals surface area contributed by atoms with Gasteiger partial charge in [0, 0.05) is 44.1 Å². The zero-order valence-electron chi connectivity index (χ0n) is 16.5. The maximum absolute atomic E-state index is 11.1. The molecule has 5 heteroatoms. The van der Waals surface area contributed by atoms with E-state index in [9.17, 15) is 5.11 Å². The smallest absolute Gasteiger partial charge is 0.137 e. The largest absolute Gasteiger partial charge is 0.389 e. The number of benzene rings is 1. The van der Waals surface area contributed by atoms with Crippen molar-refractivity contribution in [2.24, 2.45) is 0 Å². The molecule has 0 unspecified atom stereocenters. The molecule has 3 aliphatic rings. The van der Waals surface area contributed by atoms with E-state index in [0.29, 0.717) is 5.92 Å². The number of piperidine rings is 1. The van der Waals surface area contributed by atoms with Gasteiger partial charge in [0.15, 0.2) is 0 Å². The lowest BCUT2D eigenvalue weighted by Gasteiger charge is -2.39. The van der Waals surface area contributed by atoms with Gasteiger partial charge in [-0.3, -0.25) is 0 Å². The molecule has 2 N–H and O–H groups in total. The van der Waals surface area contributed by atoms with Gasteiger partial charge in [-0.15, -0.1) is 0 Å². The van der Waals surface area contributed by atoms with E-state index in [1.807, 2.05) is 6.07 Å². The molecule has 1 saturated heterocycles. The first-order valence-electron chi connectivity index (χ1n) is 10.8.